The third-order valence-electron chi connectivity index (χ3n) is 3.03. The Bertz CT molecular complexity index is 220. The van der Waals surface area contributed by atoms with Gasteiger partial charge >= 0.3 is 6.03 Å². The molecule has 0 bridgehead atoms. The van der Waals surface area contributed by atoms with Crippen LogP contribution in [0.3, 0.4) is 0 Å². The molecule has 1 aliphatic rings. The summed E-state index contributed by atoms with van der Waals surface area (Å²) in [4.78, 5) is 10.8. The molecule has 0 saturated heterocycles. The van der Waals surface area contributed by atoms with E-state index in [4.69, 9.17) is 5.73 Å². The number of primary amides is 1. The second-order valence-electron chi connectivity index (χ2n) is 6.00. The molecule has 2 amide bonds. The van der Waals surface area contributed by atoms with Gasteiger partial charge in [0.15, 0.2) is 0 Å². The number of nitrogens with two attached hydrogens (primary N) is 1. The van der Waals surface area contributed by atoms with Crippen LogP contribution in [0.25, 0.3) is 0 Å². The predicted molar refractivity (Wildman–Crippen MR) is 62.5 cm³/mol. The van der Waals surface area contributed by atoms with Gasteiger partial charge in [-0.15, -0.1) is 0 Å². The molecule has 0 aromatic heterocycles. The SMILES string of the molecule is CC(C)(C)CC1CCCC(NC(N)=O)C1. The van der Waals surface area contributed by atoms with Crippen molar-refractivity contribution in [1.82, 2.24) is 5.32 Å². The fraction of sp³-hybridized carbons (Fsp3) is 0.917. The largest absolute Gasteiger partial charge is 0.352 e. The predicted octanol–water partition coefficient (Wildman–Crippen LogP) is 2.65. The van der Waals surface area contributed by atoms with Crippen LogP contribution in [0.4, 0.5) is 4.79 Å². The first-order valence-corrected chi connectivity index (χ1v) is 5.93. The average molecular weight is 212 g/mol. The number of carbonyl (C=O) groups excluding carboxylic acids is 1. The van der Waals surface area contributed by atoms with E-state index in [1.165, 1.54) is 19.3 Å². The average Bonchev–Trinajstić information content (AvgIpc) is 1.99. The molecule has 2 unspecified atom stereocenters. The van der Waals surface area contributed by atoms with E-state index in [9.17, 15) is 4.79 Å². The van der Waals surface area contributed by atoms with Gasteiger partial charge in [-0.2, -0.15) is 0 Å². The summed E-state index contributed by atoms with van der Waals surface area (Å²) in [6, 6.07) is -0.0694. The van der Waals surface area contributed by atoms with Crippen LogP contribution in [0.1, 0.15) is 52.9 Å². The third-order valence-corrected chi connectivity index (χ3v) is 3.03. The van der Waals surface area contributed by atoms with Crippen molar-refractivity contribution in [3.8, 4) is 0 Å². The van der Waals surface area contributed by atoms with E-state index in [-0.39, 0.29) is 6.03 Å². The lowest BCUT2D eigenvalue weighted by Crippen LogP contribution is -2.41. The molecule has 0 aromatic carbocycles. The van der Waals surface area contributed by atoms with Crippen LogP contribution in [-0.2, 0) is 0 Å². The molecule has 88 valence electrons. The Labute approximate surface area is 92.8 Å². The Kier molecular flexibility index (Phi) is 4.00. The Morgan fingerprint density at radius 2 is 2.07 bits per heavy atom. The molecule has 0 aliphatic heterocycles. The standard InChI is InChI=1S/C12H24N2O/c1-12(2,3)8-9-5-4-6-10(7-9)14-11(13)15/h9-10H,4-8H2,1-3H3,(H3,13,14,15). The van der Waals surface area contributed by atoms with Gasteiger partial charge in [-0.3, -0.25) is 0 Å². The number of urea groups is 1. The first-order valence-electron chi connectivity index (χ1n) is 5.93. The molecule has 3 nitrogen and oxygen atoms in total. The van der Waals surface area contributed by atoms with Crippen LogP contribution in [0, 0.1) is 11.3 Å². The lowest BCUT2D eigenvalue weighted by molar-refractivity contribution is 0.205. The molecule has 1 rings (SSSR count). The number of hydrogen-bond donors (Lipinski definition) is 2. The Hall–Kier alpha value is -0.730. The van der Waals surface area contributed by atoms with Crippen molar-refractivity contribution in [1.29, 1.82) is 0 Å². The van der Waals surface area contributed by atoms with E-state index >= 15 is 0 Å². The van der Waals surface area contributed by atoms with Crippen LogP contribution >= 0.6 is 0 Å². The van der Waals surface area contributed by atoms with Gasteiger partial charge in [-0.25, -0.2) is 4.79 Å². The van der Waals surface area contributed by atoms with Crippen molar-refractivity contribution in [2.24, 2.45) is 17.1 Å². The molecule has 0 radical (unpaired) electrons. The van der Waals surface area contributed by atoms with Crippen LogP contribution in [0.15, 0.2) is 0 Å². The van der Waals surface area contributed by atoms with Gasteiger partial charge < -0.3 is 11.1 Å². The van der Waals surface area contributed by atoms with E-state index in [1.54, 1.807) is 0 Å². The number of carbonyl (C=O) groups is 1. The van der Waals surface area contributed by atoms with Gasteiger partial charge in [0.05, 0.1) is 0 Å². The minimum Gasteiger partial charge on any atom is -0.352 e. The van der Waals surface area contributed by atoms with Gasteiger partial charge in [0.2, 0.25) is 0 Å². The van der Waals surface area contributed by atoms with E-state index in [0.29, 0.717) is 11.5 Å². The lowest BCUT2D eigenvalue weighted by Gasteiger charge is -2.33. The van der Waals surface area contributed by atoms with Gasteiger partial charge in [-0.05, 0) is 30.6 Å². The van der Waals surface area contributed by atoms with Crippen LogP contribution in [0.5, 0.6) is 0 Å². The van der Waals surface area contributed by atoms with E-state index < -0.39 is 0 Å². The minimum atomic E-state index is -0.378. The van der Waals surface area contributed by atoms with Crippen molar-refractivity contribution >= 4 is 6.03 Å². The summed E-state index contributed by atoms with van der Waals surface area (Å²) in [6.07, 6.45) is 5.94. The molecule has 15 heavy (non-hydrogen) atoms. The maximum Gasteiger partial charge on any atom is 0.312 e. The van der Waals surface area contributed by atoms with Crippen molar-refractivity contribution in [3.05, 3.63) is 0 Å². The van der Waals surface area contributed by atoms with Crippen LogP contribution in [0.2, 0.25) is 0 Å². The van der Waals surface area contributed by atoms with E-state index in [0.717, 1.165) is 18.8 Å². The zero-order chi connectivity index (χ0) is 11.5. The molecule has 2 atom stereocenters. The Morgan fingerprint density at radius 1 is 1.40 bits per heavy atom. The molecular formula is C12H24N2O. The summed E-state index contributed by atoms with van der Waals surface area (Å²) in [5, 5.41) is 2.84. The molecule has 0 aromatic rings. The summed E-state index contributed by atoms with van der Waals surface area (Å²) in [6.45, 7) is 6.83. The molecule has 3 N–H and O–H groups in total. The lowest BCUT2D eigenvalue weighted by atomic mass is 9.76. The molecule has 3 heteroatoms. The summed E-state index contributed by atoms with van der Waals surface area (Å²) in [7, 11) is 0. The van der Waals surface area contributed by atoms with Crippen molar-refractivity contribution < 1.29 is 4.79 Å². The molecular weight excluding hydrogens is 188 g/mol. The first kappa shape index (κ1) is 12.3. The van der Waals surface area contributed by atoms with Crippen molar-refractivity contribution in [3.63, 3.8) is 0 Å². The number of amides is 2. The van der Waals surface area contributed by atoms with Gasteiger partial charge in [0.1, 0.15) is 0 Å². The highest BCUT2D eigenvalue weighted by Gasteiger charge is 2.26. The number of rotatable bonds is 2. The molecule has 1 saturated carbocycles. The summed E-state index contributed by atoms with van der Waals surface area (Å²) in [5.74, 6) is 0.746. The monoisotopic (exact) mass is 212 g/mol. The zero-order valence-corrected chi connectivity index (χ0v) is 10.2. The maximum atomic E-state index is 10.8. The smallest absolute Gasteiger partial charge is 0.312 e. The highest BCUT2D eigenvalue weighted by molar-refractivity contribution is 5.71. The minimum absolute atomic E-state index is 0.309. The molecule has 0 heterocycles. The molecule has 1 fully saturated rings. The third kappa shape index (κ3) is 5.05. The van der Waals surface area contributed by atoms with E-state index in [1.807, 2.05) is 0 Å². The number of nitrogens with one attached hydrogen (secondary N) is 1. The summed E-state index contributed by atoms with van der Waals surface area (Å²) >= 11 is 0. The second kappa shape index (κ2) is 4.86. The fourth-order valence-corrected chi connectivity index (χ4v) is 2.67. The van der Waals surface area contributed by atoms with Crippen molar-refractivity contribution in [2.45, 2.75) is 58.9 Å². The molecule has 1 aliphatic carbocycles. The molecule has 0 spiro atoms. The summed E-state index contributed by atoms with van der Waals surface area (Å²) in [5.41, 5.74) is 5.53. The van der Waals surface area contributed by atoms with E-state index in [2.05, 4.69) is 26.1 Å². The Balaban J connectivity index is 2.38. The number of hydrogen-bond acceptors (Lipinski definition) is 1. The zero-order valence-electron chi connectivity index (χ0n) is 10.2. The van der Waals surface area contributed by atoms with Gasteiger partial charge in [-0.1, -0.05) is 33.6 Å². The summed E-state index contributed by atoms with van der Waals surface area (Å²) < 4.78 is 0. The van der Waals surface area contributed by atoms with Crippen LogP contribution < -0.4 is 11.1 Å². The maximum absolute atomic E-state index is 10.8. The fourth-order valence-electron chi connectivity index (χ4n) is 2.67. The van der Waals surface area contributed by atoms with Crippen molar-refractivity contribution in [2.75, 3.05) is 0 Å². The highest BCUT2D eigenvalue weighted by Crippen LogP contribution is 2.34. The van der Waals surface area contributed by atoms with Crippen LogP contribution in [-0.4, -0.2) is 12.1 Å². The van der Waals surface area contributed by atoms with Gasteiger partial charge in [0.25, 0.3) is 0 Å². The Morgan fingerprint density at radius 3 is 2.60 bits per heavy atom. The normalized spacial score (nSPS) is 27.4. The second-order valence-corrected chi connectivity index (χ2v) is 6.00. The first-order chi connectivity index (χ1) is 6.87. The quantitative estimate of drug-likeness (QED) is 0.726. The van der Waals surface area contributed by atoms with Gasteiger partial charge in [0, 0.05) is 6.04 Å². The highest BCUT2D eigenvalue weighted by atomic mass is 16.2. The topological polar surface area (TPSA) is 55.1 Å².